The van der Waals surface area contributed by atoms with Gasteiger partial charge in [-0.2, -0.15) is 0 Å². The van der Waals surface area contributed by atoms with Crippen molar-refractivity contribution < 1.29 is 9.59 Å². The largest absolute Gasteiger partial charge is 0.342 e. The molecule has 3 fully saturated rings. The third-order valence-corrected chi connectivity index (χ3v) is 6.39. The number of carbonyl (C=O) groups excluding carboxylic acids is 2. The van der Waals surface area contributed by atoms with Crippen molar-refractivity contribution in [1.29, 1.82) is 0 Å². The third kappa shape index (κ3) is 4.13. The number of amides is 2. The second-order valence-electron chi connectivity index (χ2n) is 8.46. The molecular weight excluding hydrogens is 356 g/mol. The molecule has 7 heteroatoms. The van der Waals surface area contributed by atoms with E-state index >= 15 is 0 Å². The van der Waals surface area contributed by atoms with Gasteiger partial charge in [-0.15, -0.1) is 0 Å². The number of hydrogen-bond acceptors (Lipinski definition) is 4. The third-order valence-electron chi connectivity index (χ3n) is 6.39. The number of aromatic amines is 1. The lowest BCUT2D eigenvalue weighted by Crippen LogP contribution is -2.40. The second kappa shape index (κ2) is 8.05. The summed E-state index contributed by atoms with van der Waals surface area (Å²) >= 11 is 0. The fourth-order valence-corrected chi connectivity index (χ4v) is 4.53. The first kappa shape index (κ1) is 19.2. The van der Waals surface area contributed by atoms with Crippen LogP contribution in [0.1, 0.15) is 75.2 Å². The molecule has 0 unspecified atom stereocenters. The van der Waals surface area contributed by atoms with Gasteiger partial charge in [-0.3, -0.25) is 14.4 Å². The maximum Gasteiger partial charge on any atom is 0.251 e. The predicted octanol–water partition coefficient (Wildman–Crippen LogP) is 2.00. The smallest absolute Gasteiger partial charge is 0.251 e. The fourth-order valence-electron chi connectivity index (χ4n) is 4.53. The van der Waals surface area contributed by atoms with E-state index in [2.05, 4.69) is 4.98 Å². The molecule has 1 aromatic rings. The molecule has 1 aliphatic carbocycles. The normalized spacial score (nSPS) is 23.7. The summed E-state index contributed by atoms with van der Waals surface area (Å²) < 4.78 is 0. The summed E-state index contributed by atoms with van der Waals surface area (Å²) in [5.41, 5.74) is 0.694. The van der Waals surface area contributed by atoms with Gasteiger partial charge in [-0.1, -0.05) is 6.92 Å². The van der Waals surface area contributed by atoms with E-state index in [-0.39, 0.29) is 29.2 Å². The molecule has 1 saturated carbocycles. The minimum atomic E-state index is -0.115. The standard InChI is InChI=1S/C21H30N4O3/c1-2-19(27)25-9-3-4-16(13-25)17-12-18(26)23-20(22-17)14-7-10-24(11-8-14)21(28)15-5-6-15/h12,14-16H,2-11,13H2,1H3,(H,22,23,26)/t16-/m1/s1. The highest BCUT2D eigenvalue weighted by Gasteiger charge is 2.35. The van der Waals surface area contributed by atoms with Crippen LogP contribution in [0.25, 0.3) is 0 Å². The average Bonchev–Trinajstić information content (AvgIpc) is 3.58. The number of likely N-dealkylation sites (tertiary alicyclic amines) is 2. The summed E-state index contributed by atoms with van der Waals surface area (Å²) in [6.45, 7) is 4.83. The summed E-state index contributed by atoms with van der Waals surface area (Å²) in [7, 11) is 0. The molecular formula is C21H30N4O3. The first-order valence-corrected chi connectivity index (χ1v) is 10.7. The Labute approximate surface area is 165 Å². The van der Waals surface area contributed by atoms with Crippen LogP contribution in [0.4, 0.5) is 0 Å². The number of piperidine rings is 2. The predicted molar refractivity (Wildman–Crippen MR) is 105 cm³/mol. The van der Waals surface area contributed by atoms with Crippen molar-refractivity contribution in [2.24, 2.45) is 5.92 Å². The zero-order valence-electron chi connectivity index (χ0n) is 16.7. The zero-order valence-corrected chi connectivity index (χ0v) is 16.7. The van der Waals surface area contributed by atoms with E-state index in [1.165, 1.54) is 0 Å². The van der Waals surface area contributed by atoms with Gasteiger partial charge in [0.05, 0.1) is 5.69 Å². The number of nitrogens with one attached hydrogen (secondary N) is 1. The molecule has 1 N–H and O–H groups in total. The van der Waals surface area contributed by atoms with Crippen molar-refractivity contribution in [2.45, 2.75) is 63.7 Å². The van der Waals surface area contributed by atoms with E-state index in [0.717, 1.165) is 69.7 Å². The monoisotopic (exact) mass is 386 g/mol. The van der Waals surface area contributed by atoms with Crippen molar-refractivity contribution in [3.05, 3.63) is 27.9 Å². The number of rotatable bonds is 4. The molecule has 1 aromatic heterocycles. The van der Waals surface area contributed by atoms with Gasteiger partial charge in [0.2, 0.25) is 11.8 Å². The van der Waals surface area contributed by atoms with E-state index in [1.807, 2.05) is 16.7 Å². The Morgan fingerprint density at radius 1 is 1.07 bits per heavy atom. The molecule has 3 aliphatic rings. The van der Waals surface area contributed by atoms with Gasteiger partial charge < -0.3 is 14.8 Å². The number of carbonyl (C=O) groups is 2. The summed E-state index contributed by atoms with van der Waals surface area (Å²) in [4.78, 5) is 48.2. The van der Waals surface area contributed by atoms with Crippen LogP contribution in [0.2, 0.25) is 0 Å². The number of hydrogen-bond donors (Lipinski definition) is 1. The van der Waals surface area contributed by atoms with E-state index in [4.69, 9.17) is 4.98 Å². The fraction of sp³-hybridized carbons (Fsp3) is 0.714. The van der Waals surface area contributed by atoms with E-state index in [9.17, 15) is 14.4 Å². The Kier molecular flexibility index (Phi) is 5.51. The Bertz CT molecular complexity index is 793. The summed E-state index contributed by atoms with van der Waals surface area (Å²) in [5, 5.41) is 0. The van der Waals surface area contributed by atoms with Gasteiger partial charge in [0.25, 0.3) is 5.56 Å². The van der Waals surface area contributed by atoms with Crippen LogP contribution in [-0.4, -0.2) is 57.8 Å². The van der Waals surface area contributed by atoms with Gasteiger partial charge in [-0.25, -0.2) is 4.98 Å². The molecule has 2 aliphatic heterocycles. The molecule has 0 aromatic carbocycles. The van der Waals surface area contributed by atoms with Crippen LogP contribution in [-0.2, 0) is 9.59 Å². The maximum absolute atomic E-state index is 12.3. The summed E-state index contributed by atoms with van der Waals surface area (Å²) in [5.74, 6) is 1.80. The Balaban J connectivity index is 1.45. The van der Waals surface area contributed by atoms with Crippen LogP contribution in [0.5, 0.6) is 0 Å². The van der Waals surface area contributed by atoms with Gasteiger partial charge in [0, 0.05) is 56.4 Å². The molecule has 152 valence electrons. The molecule has 1 atom stereocenters. The molecule has 2 amide bonds. The molecule has 7 nitrogen and oxygen atoms in total. The van der Waals surface area contributed by atoms with Crippen LogP contribution in [0, 0.1) is 5.92 Å². The summed E-state index contributed by atoms with van der Waals surface area (Å²) in [6.07, 6.45) is 6.17. The topological polar surface area (TPSA) is 86.4 Å². The lowest BCUT2D eigenvalue weighted by molar-refractivity contribution is -0.134. The number of nitrogens with zero attached hydrogens (tertiary/aromatic N) is 3. The van der Waals surface area contributed by atoms with Crippen LogP contribution in [0.15, 0.2) is 10.9 Å². The van der Waals surface area contributed by atoms with E-state index in [0.29, 0.717) is 18.9 Å². The lowest BCUT2D eigenvalue weighted by atomic mass is 9.92. The van der Waals surface area contributed by atoms with Crippen LogP contribution < -0.4 is 5.56 Å². The summed E-state index contributed by atoms with van der Waals surface area (Å²) in [6, 6.07) is 1.60. The lowest BCUT2D eigenvalue weighted by Gasteiger charge is -2.33. The molecule has 3 heterocycles. The van der Waals surface area contributed by atoms with Gasteiger partial charge in [-0.05, 0) is 38.5 Å². The highest BCUT2D eigenvalue weighted by atomic mass is 16.2. The highest BCUT2D eigenvalue weighted by Crippen LogP contribution is 2.34. The quantitative estimate of drug-likeness (QED) is 0.858. The molecule has 0 radical (unpaired) electrons. The SMILES string of the molecule is CCC(=O)N1CCC[C@@H](c2cc(=O)[nH]c(C3CCN(C(=O)C4CC4)CC3)n2)C1. The molecule has 0 spiro atoms. The number of aromatic nitrogens is 2. The highest BCUT2D eigenvalue weighted by molar-refractivity contribution is 5.81. The first-order valence-electron chi connectivity index (χ1n) is 10.7. The minimum Gasteiger partial charge on any atom is -0.342 e. The van der Waals surface area contributed by atoms with Crippen molar-refractivity contribution in [1.82, 2.24) is 19.8 Å². The van der Waals surface area contributed by atoms with E-state index < -0.39 is 0 Å². The van der Waals surface area contributed by atoms with Crippen molar-refractivity contribution in [2.75, 3.05) is 26.2 Å². The van der Waals surface area contributed by atoms with Crippen LogP contribution >= 0.6 is 0 Å². The zero-order chi connectivity index (χ0) is 19.7. The number of H-pyrrole nitrogens is 1. The van der Waals surface area contributed by atoms with Gasteiger partial charge >= 0.3 is 0 Å². The minimum absolute atomic E-state index is 0.115. The maximum atomic E-state index is 12.3. The van der Waals surface area contributed by atoms with E-state index in [1.54, 1.807) is 6.07 Å². The molecule has 28 heavy (non-hydrogen) atoms. The molecule has 0 bridgehead atoms. The van der Waals surface area contributed by atoms with Crippen molar-refractivity contribution in [3.8, 4) is 0 Å². The molecule has 2 saturated heterocycles. The van der Waals surface area contributed by atoms with Gasteiger partial charge in [0.15, 0.2) is 0 Å². The second-order valence-corrected chi connectivity index (χ2v) is 8.46. The van der Waals surface area contributed by atoms with Crippen molar-refractivity contribution in [3.63, 3.8) is 0 Å². The Hall–Kier alpha value is -2.18. The van der Waals surface area contributed by atoms with Gasteiger partial charge in [0.1, 0.15) is 5.82 Å². The first-order chi connectivity index (χ1) is 13.5. The average molecular weight is 386 g/mol. The van der Waals surface area contributed by atoms with Crippen LogP contribution in [0.3, 0.4) is 0 Å². The Morgan fingerprint density at radius 2 is 1.82 bits per heavy atom. The van der Waals surface area contributed by atoms with Crippen molar-refractivity contribution >= 4 is 11.8 Å². The molecule has 4 rings (SSSR count). The Morgan fingerprint density at radius 3 is 2.50 bits per heavy atom.